The standard InChI is InChI=1S/C18H28N2P2.C16H28P2/c1-17(2,3)21(7)15-16(22(8)18(4,5)6)20-14-12-10-9-11-13(14)19-15;1-15(2,3)17(7)13-11-9-10-12-14(13)18(8)16(4,5)6/h9-12H,1-8H3;9-12H,1-8H3/t21-,22-;17-,18-/m01/s1. The van der Waals surface area contributed by atoms with E-state index in [2.05, 4.69) is 146 Å². The zero-order valence-electron chi connectivity index (χ0n) is 28.3. The molecule has 0 amide bonds. The van der Waals surface area contributed by atoms with E-state index in [-0.39, 0.29) is 42.0 Å². The molecule has 0 aliphatic rings. The van der Waals surface area contributed by atoms with Gasteiger partial charge in [-0.15, -0.1) is 0 Å². The van der Waals surface area contributed by atoms with Crippen molar-refractivity contribution in [3.05, 3.63) is 48.5 Å². The van der Waals surface area contributed by atoms with Crippen LogP contribution in [0, 0.1) is 0 Å². The van der Waals surface area contributed by atoms with E-state index >= 15 is 0 Å². The second kappa shape index (κ2) is 13.4. The van der Waals surface area contributed by atoms with Gasteiger partial charge in [0.2, 0.25) is 0 Å². The number of fused-ring (bicyclic) bond motifs is 1. The van der Waals surface area contributed by atoms with Gasteiger partial charge < -0.3 is 0 Å². The number of para-hydroxylation sites is 2. The maximum atomic E-state index is 5.06. The Labute approximate surface area is 252 Å². The Morgan fingerprint density at radius 3 is 0.900 bits per heavy atom. The molecule has 40 heavy (non-hydrogen) atoms. The second-order valence-corrected chi connectivity index (χ2v) is 26.4. The Kier molecular flexibility index (Phi) is 12.0. The van der Waals surface area contributed by atoms with Crippen LogP contribution in [0.5, 0.6) is 0 Å². The fraction of sp³-hybridized carbons (Fsp3) is 0.588. The van der Waals surface area contributed by atoms with E-state index in [1.165, 1.54) is 10.9 Å². The van der Waals surface area contributed by atoms with Gasteiger partial charge >= 0.3 is 0 Å². The molecule has 0 bridgehead atoms. The first-order valence-corrected chi connectivity index (χ1v) is 21.5. The van der Waals surface area contributed by atoms with Crippen molar-refractivity contribution in [1.29, 1.82) is 0 Å². The van der Waals surface area contributed by atoms with Crippen molar-refractivity contribution in [3.8, 4) is 0 Å². The van der Waals surface area contributed by atoms with Crippen molar-refractivity contribution in [2.45, 2.75) is 104 Å². The minimum absolute atomic E-state index is 0.101. The van der Waals surface area contributed by atoms with Crippen LogP contribution < -0.4 is 21.5 Å². The van der Waals surface area contributed by atoms with E-state index in [1.807, 2.05) is 12.1 Å². The molecule has 0 aliphatic heterocycles. The summed E-state index contributed by atoms with van der Waals surface area (Å²) in [7, 11) is -0.897. The average molecular weight is 617 g/mol. The number of hydrogen-bond acceptors (Lipinski definition) is 2. The van der Waals surface area contributed by atoms with Gasteiger partial charge in [-0.1, -0.05) is 151 Å². The molecule has 4 atom stereocenters. The van der Waals surface area contributed by atoms with Gasteiger partial charge in [-0.3, -0.25) is 0 Å². The lowest BCUT2D eigenvalue weighted by molar-refractivity contribution is 0.787. The van der Waals surface area contributed by atoms with Crippen LogP contribution in [-0.4, -0.2) is 57.3 Å². The maximum Gasteiger partial charge on any atom is 0.0899 e. The Balaban J connectivity index is 0.000000286. The van der Waals surface area contributed by atoms with Gasteiger partial charge in [0.1, 0.15) is 0 Å². The molecule has 0 unspecified atom stereocenters. The summed E-state index contributed by atoms with van der Waals surface area (Å²) in [4.78, 5) is 10.1. The van der Waals surface area contributed by atoms with Crippen molar-refractivity contribution in [2.24, 2.45) is 0 Å². The summed E-state index contributed by atoms with van der Waals surface area (Å²) in [5.74, 6) is 0. The molecule has 0 fully saturated rings. The molecule has 2 aromatic carbocycles. The van der Waals surface area contributed by atoms with Crippen molar-refractivity contribution in [2.75, 3.05) is 26.7 Å². The van der Waals surface area contributed by atoms with Gasteiger partial charge in [-0.2, -0.15) is 0 Å². The molecule has 0 N–H and O–H groups in total. The molecule has 3 rings (SSSR count). The zero-order valence-corrected chi connectivity index (χ0v) is 31.9. The lowest BCUT2D eigenvalue weighted by Crippen LogP contribution is -2.36. The van der Waals surface area contributed by atoms with Crippen LogP contribution in [0.1, 0.15) is 83.1 Å². The number of benzene rings is 2. The SMILES string of the molecule is C[P@@](c1nc2ccccc2nc1[P@](C)C(C)(C)C)C(C)(C)C.C[P@](c1ccccc1[P@@](C)C(C)(C)C)C(C)(C)C. The topological polar surface area (TPSA) is 25.8 Å². The van der Waals surface area contributed by atoms with Gasteiger partial charge in [0.25, 0.3) is 0 Å². The highest BCUT2D eigenvalue weighted by atomic mass is 31.1. The third-order valence-electron chi connectivity index (χ3n) is 7.80. The number of nitrogens with zero attached hydrogens (tertiary/aromatic N) is 2. The molecular weight excluding hydrogens is 560 g/mol. The maximum absolute atomic E-state index is 5.06. The van der Waals surface area contributed by atoms with E-state index in [1.54, 1.807) is 10.6 Å². The van der Waals surface area contributed by atoms with Gasteiger partial charge in [0, 0.05) is 0 Å². The van der Waals surface area contributed by atoms with E-state index in [0.717, 1.165) is 11.0 Å². The Morgan fingerprint density at radius 1 is 0.400 bits per heavy atom. The molecule has 2 nitrogen and oxygen atoms in total. The predicted molar refractivity (Wildman–Crippen MR) is 195 cm³/mol. The summed E-state index contributed by atoms with van der Waals surface area (Å²) >= 11 is 0. The van der Waals surface area contributed by atoms with Gasteiger partial charge in [-0.25, -0.2) is 9.97 Å². The highest BCUT2D eigenvalue weighted by Crippen LogP contribution is 2.51. The lowest BCUT2D eigenvalue weighted by atomic mass is 10.3. The van der Waals surface area contributed by atoms with E-state index < -0.39 is 0 Å². The third-order valence-corrected chi connectivity index (χ3v) is 20.3. The fourth-order valence-corrected chi connectivity index (χ4v) is 11.0. The van der Waals surface area contributed by atoms with Crippen LogP contribution >= 0.6 is 31.7 Å². The molecule has 0 spiro atoms. The molecule has 0 saturated carbocycles. The smallest absolute Gasteiger partial charge is 0.0899 e. The first-order valence-electron chi connectivity index (χ1n) is 14.4. The van der Waals surface area contributed by atoms with Gasteiger partial charge in [-0.05, 0) is 70.0 Å². The van der Waals surface area contributed by atoms with Gasteiger partial charge in [0.05, 0.1) is 21.9 Å². The summed E-state index contributed by atoms with van der Waals surface area (Å²) in [6.07, 6.45) is 0. The van der Waals surface area contributed by atoms with Crippen molar-refractivity contribution < 1.29 is 0 Å². The van der Waals surface area contributed by atoms with Crippen LogP contribution in [0.4, 0.5) is 0 Å². The van der Waals surface area contributed by atoms with Gasteiger partial charge in [0.15, 0.2) is 0 Å². The highest BCUT2D eigenvalue weighted by Gasteiger charge is 2.32. The quantitative estimate of drug-likeness (QED) is 0.273. The molecule has 6 heteroatoms. The first-order chi connectivity index (χ1) is 18.1. The monoisotopic (exact) mass is 616 g/mol. The fourth-order valence-electron chi connectivity index (χ4n) is 3.82. The van der Waals surface area contributed by atoms with Crippen molar-refractivity contribution >= 4 is 64.2 Å². The van der Waals surface area contributed by atoms with Crippen molar-refractivity contribution in [3.63, 3.8) is 0 Å². The van der Waals surface area contributed by atoms with Crippen LogP contribution in [0.15, 0.2) is 48.5 Å². The molecule has 222 valence electrons. The minimum Gasteiger partial charge on any atom is -0.244 e. The van der Waals surface area contributed by atoms with Crippen LogP contribution in [-0.2, 0) is 0 Å². The minimum atomic E-state index is -0.348. The second-order valence-electron chi connectivity index (χ2n) is 14.8. The van der Waals surface area contributed by atoms with Crippen LogP contribution in [0.2, 0.25) is 0 Å². The first kappa shape index (κ1) is 35.7. The van der Waals surface area contributed by atoms with Crippen LogP contribution in [0.3, 0.4) is 0 Å². The summed E-state index contributed by atoms with van der Waals surface area (Å²) < 4.78 is 0. The molecule has 1 aromatic heterocycles. The van der Waals surface area contributed by atoms with E-state index in [0.29, 0.717) is 10.3 Å². The summed E-state index contributed by atoms with van der Waals surface area (Å²) in [6, 6.07) is 17.4. The highest BCUT2D eigenvalue weighted by molar-refractivity contribution is 7.73. The molecular formula is C34H56N2P4. The molecule has 1 heterocycles. The molecule has 0 aliphatic carbocycles. The van der Waals surface area contributed by atoms with Crippen LogP contribution in [0.25, 0.3) is 11.0 Å². The predicted octanol–water partition coefficient (Wildman–Crippen LogP) is 9.46. The Bertz CT molecular complexity index is 1160. The summed E-state index contributed by atoms with van der Waals surface area (Å²) in [5, 5.41) is 4.50. The lowest BCUT2D eigenvalue weighted by Gasteiger charge is -2.35. The van der Waals surface area contributed by atoms with E-state index in [4.69, 9.17) is 9.97 Å². The summed E-state index contributed by atoms with van der Waals surface area (Å²) in [5.41, 5.74) is 4.56. The average Bonchev–Trinajstić information content (AvgIpc) is 2.84. The molecule has 3 aromatic rings. The third kappa shape index (κ3) is 9.25. The Morgan fingerprint density at radius 2 is 0.650 bits per heavy atom. The Hall–Kier alpha value is -0.500. The zero-order chi connectivity index (χ0) is 30.8. The molecule has 0 saturated heterocycles. The van der Waals surface area contributed by atoms with E-state index in [9.17, 15) is 0 Å². The number of hydrogen-bond donors (Lipinski definition) is 0. The molecule has 0 radical (unpaired) electrons. The normalized spacial score (nSPS) is 16.1. The number of rotatable bonds is 4. The number of aromatic nitrogens is 2. The summed E-state index contributed by atoms with van der Waals surface area (Å²) in [6.45, 7) is 37.6. The van der Waals surface area contributed by atoms with Crippen molar-refractivity contribution in [1.82, 2.24) is 9.97 Å². The largest absolute Gasteiger partial charge is 0.244 e.